The molecule has 0 aromatic carbocycles. The van der Waals surface area contributed by atoms with Crippen LogP contribution < -0.4 is 99.3 Å². The normalized spacial score (nSPS) is 7.56. The van der Waals surface area contributed by atoms with Gasteiger partial charge in [-0.2, -0.15) is 0 Å². The van der Waals surface area contributed by atoms with Crippen molar-refractivity contribution in [2.45, 2.75) is 79.1 Å². The minimum Gasteiger partial charge on any atom is -1.00 e. The predicted molar refractivity (Wildman–Crippen MR) is 79.4 cm³/mol. The molecule has 0 fully saturated rings. The van der Waals surface area contributed by atoms with Crippen LogP contribution in [0.4, 0.5) is 0 Å². The average molecular weight is 899 g/mol. The first-order valence-corrected chi connectivity index (χ1v) is 8.09. The van der Waals surface area contributed by atoms with Crippen molar-refractivity contribution < 1.29 is 145 Å². The largest absolute Gasteiger partial charge is 1.00 e. The molecule has 0 heterocycles. The third-order valence-corrected chi connectivity index (χ3v) is 3.94. The molecule has 0 aromatic rings. The molecule has 11 heteroatoms. The van der Waals surface area contributed by atoms with Crippen molar-refractivity contribution in [3.8, 4) is 0 Å². The standard InChI is InChI=1S/C16H36N.8ClH.2Re/c1-5-9-13-17(14-10-6-2,15-11-7-3)16-12-8-4;;;;;;;;;;/h5-16H2,1-4H3;8*1H;;/q+1;;;;;;;;;;/p-8. The van der Waals surface area contributed by atoms with Crippen molar-refractivity contribution in [3.05, 3.63) is 0 Å². The molecule has 0 spiro atoms. The number of halogens is 8. The first-order valence-electron chi connectivity index (χ1n) is 8.09. The first kappa shape index (κ1) is 69.8. The fourth-order valence-corrected chi connectivity index (χ4v) is 2.64. The summed E-state index contributed by atoms with van der Waals surface area (Å²) in [5, 5.41) is 0. The molecular weight excluding hydrogens is 862 g/mol. The summed E-state index contributed by atoms with van der Waals surface area (Å²) >= 11 is 0. The molecule has 0 atom stereocenters. The Bertz CT molecular complexity index is 149. The van der Waals surface area contributed by atoms with E-state index in [9.17, 15) is 0 Å². The number of hydrogen-bond acceptors (Lipinski definition) is 0. The summed E-state index contributed by atoms with van der Waals surface area (Å²) in [6.07, 6.45) is 11.1. The van der Waals surface area contributed by atoms with Gasteiger partial charge in [-0.1, -0.05) is 53.4 Å². The Morgan fingerprint density at radius 3 is 0.630 bits per heavy atom. The SMILES string of the molecule is CCCC[N+](CCCC)(CCCC)CCCC.[Cl-].[Cl-].[Cl-].[Cl-].[Cl-].[Cl-].[Cl-].[Cl-].[Re].[Re]. The predicted octanol–water partition coefficient (Wildman–Crippen LogP) is -19.0. The molecule has 1 nitrogen and oxygen atoms in total. The zero-order valence-corrected chi connectivity index (χ0v) is 28.2. The van der Waals surface area contributed by atoms with E-state index >= 15 is 0 Å². The Morgan fingerprint density at radius 1 is 0.370 bits per heavy atom. The molecule has 2 radical (unpaired) electrons. The molecule has 182 valence electrons. The third-order valence-electron chi connectivity index (χ3n) is 3.94. The van der Waals surface area contributed by atoms with E-state index in [0.29, 0.717) is 0 Å². The van der Waals surface area contributed by atoms with Crippen LogP contribution in [0.15, 0.2) is 0 Å². The van der Waals surface area contributed by atoms with Gasteiger partial charge in [-0.25, -0.2) is 0 Å². The number of hydrogen-bond donors (Lipinski definition) is 0. The number of quaternary nitrogens is 1. The van der Waals surface area contributed by atoms with Crippen LogP contribution in [0.25, 0.3) is 0 Å². The molecule has 0 aliphatic carbocycles. The minimum absolute atomic E-state index is 0. The van der Waals surface area contributed by atoms with Crippen molar-refractivity contribution >= 4 is 0 Å². The van der Waals surface area contributed by atoms with Gasteiger partial charge in [0.1, 0.15) is 0 Å². The molecule has 0 saturated heterocycles. The van der Waals surface area contributed by atoms with Gasteiger partial charge in [-0.15, -0.1) is 0 Å². The molecule has 0 bridgehead atoms. The van der Waals surface area contributed by atoms with Gasteiger partial charge in [0.05, 0.1) is 26.2 Å². The molecular formula is C16H36Cl8NRe2-7. The Labute approximate surface area is 247 Å². The van der Waals surface area contributed by atoms with Crippen LogP contribution in [-0.4, -0.2) is 30.7 Å². The Morgan fingerprint density at radius 2 is 0.519 bits per heavy atom. The van der Waals surface area contributed by atoms with Crippen molar-refractivity contribution in [2.75, 3.05) is 26.2 Å². The van der Waals surface area contributed by atoms with E-state index in [1.807, 2.05) is 0 Å². The van der Waals surface area contributed by atoms with E-state index in [1.165, 1.54) is 82.0 Å². The fourth-order valence-electron chi connectivity index (χ4n) is 2.64. The number of nitrogens with zero attached hydrogens (tertiary/aromatic N) is 1. The molecule has 0 amide bonds. The van der Waals surface area contributed by atoms with Crippen molar-refractivity contribution in [1.82, 2.24) is 0 Å². The summed E-state index contributed by atoms with van der Waals surface area (Å²) in [6.45, 7) is 15.0. The zero-order valence-electron chi connectivity index (χ0n) is 16.7. The van der Waals surface area contributed by atoms with E-state index in [4.69, 9.17) is 0 Å². The summed E-state index contributed by atoms with van der Waals surface area (Å²) < 4.78 is 1.42. The smallest absolute Gasteiger partial charge is 0.0786 e. The summed E-state index contributed by atoms with van der Waals surface area (Å²) in [4.78, 5) is 0. The molecule has 0 rings (SSSR count). The van der Waals surface area contributed by atoms with Crippen LogP contribution >= 0.6 is 0 Å². The fraction of sp³-hybridized carbons (Fsp3) is 1.00. The van der Waals surface area contributed by atoms with Gasteiger partial charge < -0.3 is 104 Å². The summed E-state index contributed by atoms with van der Waals surface area (Å²) in [5.74, 6) is 0. The second kappa shape index (κ2) is 51.9. The summed E-state index contributed by atoms with van der Waals surface area (Å²) in [7, 11) is 0. The van der Waals surface area contributed by atoms with Crippen LogP contribution in [0.1, 0.15) is 79.1 Å². The van der Waals surface area contributed by atoms with Gasteiger partial charge in [-0.3, -0.25) is 0 Å². The monoisotopic (exact) mass is 896 g/mol. The van der Waals surface area contributed by atoms with Gasteiger partial charge in [-0.05, 0) is 25.7 Å². The minimum atomic E-state index is 0. The van der Waals surface area contributed by atoms with E-state index in [-0.39, 0.29) is 140 Å². The third kappa shape index (κ3) is 40.5. The van der Waals surface area contributed by atoms with Crippen LogP contribution in [0.2, 0.25) is 0 Å². The summed E-state index contributed by atoms with van der Waals surface area (Å²) in [6, 6.07) is 0. The maximum Gasteiger partial charge on any atom is 0.0786 e. The van der Waals surface area contributed by atoms with Crippen LogP contribution in [-0.2, 0) is 40.8 Å². The molecule has 0 aliphatic rings. The van der Waals surface area contributed by atoms with E-state index < -0.39 is 0 Å². The van der Waals surface area contributed by atoms with Crippen LogP contribution in [0.5, 0.6) is 0 Å². The van der Waals surface area contributed by atoms with Crippen molar-refractivity contribution in [1.29, 1.82) is 0 Å². The Hall–Kier alpha value is 3.60. The molecule has 0 N–H and O–H groups in total. The van der Waals surface area contributed by atoms with Gasteiger partial charge in [0, 0.05) is 40.8 Å². The van der Waals surface area contributed by atoms with Crippen molar-refractivity contribution in [2.24, 2.45) is 0 Å². The van der Waals surface area contributed by atoms with Gasteiger partial charge >= 0.3 is 0 Å². The van der Waals surface area contributed by atoms with E-state index in [0.717, 1.165) is 0 Å². The molecule has 0 saturated carbocycles. The maximum atomic E-state index is 2.33. The molecule has 0 unspecified atom stereocenters. The van der Waals surface area contributed by atoms with Crippen LogP contribution in [0, 0.1) is 0 Å². The second-order valence-corrected chi connectivity index (χ2v) is 5.65. The van der Waals surface area contributed by atoms with E-state index in [2.05, 4.69) is 27.7 Å². The molecule has 0 aromatic heterocycles. The second-order valence-electron chi connectivity index (χ2n) is 5.65. The topological polar surface area (TPSA) is 0 Å². The zero-order chi connectivity index (χ0) is 13.0. The number of rotatable bonds is 12. The summed E-state index contributed by atoms with van der Waals surface area (Å²) in [5.41, 5.74) is 0. The van der Waals surface area contributed by atoms with Gasteiger partial charge in [0.25, 0.3) is 0 Å². The maximum absolute atomic E-state index is 2.33. The molecule has 0 aliphatic heterocycles. The average Bonchev–Trinajstić information content (AvgIpc) is 2.37. The molecule has 27 heavy (non-hydrogen) atoms. The van der Waals surface area contributed by atoms with E-state index in [1.54, 1.807) is 0 Å². The first-order chi connectivity index (χ1) is 8.24. The number of unbranched alkanes of at least 4 members (excludes halogenated alkanes) is 4. The quantitative estimate of drug-likeness (QED) is 0.171. The van der Waals surface area contributed by atoms with Gasteiger partial charge in [0.2, 0.25) is 0 Å². The van der Waals surface area contributed by atoms with Gasteiger partial charge in [0.15, 0.2) is 0 Å². The Kier molecular flexibility index (Phi) is 134. The van der Waals surface area contributed by atoms with Crippen molar-refractivity contribution in [3.63, 3.8) is 0 Å². The Balaban J connectivity index is -0.0000000284. The van der Waals surface area contributed by atoms with Crippen LogP contribution in [0.3, 0.4) is 0 Å².